The lowest BCUT2D eigenvalue weighted by atomic mass is 9.46. The minimum atomic E-state index is -1.44. The Hall–Kier alpha value is -5.41. The van der Waals surface area contributed by atoms with Crippen LogP contribution >= 0.6 is 27.3 Å². The predicted molar refractivity (Wildman–Crippen MR) is 263 cm³/mol. The van der Waals surface area contributed by atoms with Crippen LogP contribution in [-0.4, -0.2) is 113 Å². The third-order valence-electron chi connectivity index (χ3n) is 15.1. The zero-order chi connectivity index (χ0) is 50.5. The van der Waals surface area contributed by atoms with Crippen LogP contribution in [0.25, 0.3) is 0 Å². The van der Waals surface area contributed by atoms with E-state index in [1.54, 1.807) is 36.4 Å². The number of benzene rings is 2. The number of hydrogen-bond donors (Lipinski definition) is 7. The molecule has 0 spiro atoms. The molecule has 3 saturated carbocycles. The molecule has 10 atom stereocenters. The van der Waals surface area contributed by atoms with Crippen molar-refractivity contribution in [1.82, 2.24) is 26.6 Å². The van der Waals surface area contributed by atoms with Gasteiger partial charge in [-0.15, -0.1) is 11.3 Å². The first-order valence-electron chi connectivity index (χ1n) is 23.9. The predicted octanol–water partition coefficient (Wildman–Crippen LogP) is 3.00. The van der Waals surface area contributed by atoms with Gasteiger partial charge in [-0.1, -0.05) is 96.0 Å². The number of aliphatic hydroxyl groups excluding tert-OH is 2. The van der Waals surface area contributed by atoms with Gasteiger partial charge < -0.3 is 51.0 Å². The molecular weight excluding hydrogens is 999 g/mol. The Balaban J connectivity index is 0.812. The summed E-state index contributed by atoms with van der Waals surface area (Å²) in [6.45, 7) is 2.36. The van der Waals surface area contributed by atoms with E-state index >= 15 is 0 Å². The minimum Gasteiger partial charge on any atom is -0.393 e. The molecule has 71 heavy (non-hydrogen) atoms. The summed E-state index contributed by atoms with van der Waals surface area (Å²) in [5, 5.41) is 37.0. The number of nitrogens with one attached hydrogen (secondary N) is 5. The van der Waals surface area contributed by atoms with Crippen molar-refractivity contribution in [2.45, 2.75) is 89.1 Å². The number of alkyl halides is 1. The second kappa shape index (κ2) is 22.1. The van der Waals surface area contributed by atoms with Gasteiger partial charge in [-0.3, -0.25) is 33.6 Å². The fraction of sp³-hybridized carbons (Fsp3) is 0.481. The maximum absolute atomic E-state index is 14.0. The third kappa shape index (κ3) is 11.0. The standard InChI is InChI=1S/C52H60BrN5O12S/c1-50-14-13-35(60)19-34(50)11-12-36-37-20-42-52(41(62)26-59,51(37,2)21-39(61)47(36)50)70-49(69-42)40-18-33(28-71-40)16-31-9-6-10-32(15-31)27-68-29-57-45(65)24-56-48(67)38(17-30-7-4-3-5-8-30)58-46(66)25-55-44(64)23-54-43(63)22-53/h3-10,13-15,18-19,28,36-39,42,47,49,59,61H,11-12,16-17,20-27,29H2,1-2H3,(H,54,63)(H,55,64)(H,56,67)(H,57,65)(H,58,66)/t36-,37-,38-,39-,42+,47+,49+,50-,51-,52+/m0/s1. The van der Waals surface area contributed by atoms with Crippen molar-refractivity contribution in [3.05, 3.63) is 117 Å². The van der Waals surface area contributed by atoms with E-state index in [4.69, 9.17) is 14.2 Å². The zero-order valence-electron chi connectivity index (χ0n) is 39.6. The van der Waals surface area contributed by atoms with Crippen molar-refractivity contribution in [2.24, 2.45) is 28.6 Å². The maximum Gasteiger partial charge on any atom is 0.243 e. The molecule has 4 aliphatic carbocycles. The van der Waals surface area contributed by atoms with Gasteiger partial charge in [0.15, 0.2) is 23.5 Å². The molecule has 1 saturated heterocycles. The fourth-order valence-electron chi connectivity index (χ4n) is 11.9. The number of ether oxygens (including phenoxy) is 3. The Kier molecular flexibility index (Phi) is 16.2. The van der Waals surface area contributed by atoms with Crippen molar-refractivity contribution >= 4 is 68.4 Å². The third-order valence-corrected chi connectivity index (χ3v) is 16.6. The number of rotatable bonds is 20. The van der Waals surface area contributed by atoms with Gasteiger partial charge in [-0.2, -0.15) is 0 Å². The summed E-state index contributed by atoms with van der Waals surface area (Å²) < 4.78 is 19.2. The SMILES string of the molecule is C[C@]12C=CC(=O)C=C1CC[C@@H]1[C@@H]2[C@@H](O)C[C@@]2(C)[C@H]1C[C@H]1O[C@@H](c3cc(Cc4cccc(COCNC(=O)CNC(=O)[C@H](Cc5ccccc5)NC(=O)CNC(=O)CNC(=O)CBr)c4)cs3)O[C@]12C(=O)CO. The highest BCUT2D eigenvalue weighted by Crippen LogP contribution is 2.70. The number of allylic oxidation sites excluding steroid dienone is 4. The van der Waals surface area contributed by atoms with Crippen LogP contribution in [0.15, 0.2) is 89.8 Å². The Morgan fingerprint density at radius 2 is 1.61 bits per heavy atom. The zero-order valence-corrected chi connectivity index (χ0v) is 42.0. The first kappa shape index (κ1) is 51.9. The minimum absolute atomic E-state index is 0.00409. The molecule has 2 heterocycles. The number of amides is 5. The summed E-state index contributed by atoms with van der Waals surface area (Å²) >= 11 is 4.46. The fourth-order valence-corrected chi connectivity index (χ4v) is 13.0. The molecule has 1 aromatic heterocycles. The number of halogens is 1. The summed E-state index contributed by atoms with van der Waals surface area (Å²) in [6.07, 6.45) is 6.17. The van der Waals surface area contributed by atoms with Gasteiger partial charge in [0.1, 0.15) is 19.4 Å². The summed E-state index contributed by atoms with van der Waals surface area (Å²) in [7, 11) is 0. The highest BCUT2D eigenvalue weighted by Gasteiger charge is 2.76. The maximum atomic E-state index is 14.0. The number of ketones is 2. The van der Waals surface area contributed by atoms with Crippen LogP contribution in [0.3, 0.4) is 0 Å². The van der Waals surface area contributed by atoms with E-state index in [-0.39, 0.29) is 61.7 Å². The summed E-state index contributed by atoms with van der Waals surface area (Å²) in [5.74, 6) is -3.26. The van der Waals surface area contributed by atoms with Crippen LogP contribution in [0.5, 0.6) is 0 Å². The molecule has 17 nitrogen and oxygen atoms in total. The number of aliphatic hydroxyl groups is 2. The monoisotopic (exact) mass is 1060 g/mol. The number of hydrogen-bond acceptors (Lipinski definition) is 13. The van der Waals surface area contributed by atoms with E-state index in [9.17, 15) is 43.8 Å². The van der Waals surface area contributed by atoms with Gasteiger partial charge in [0.25, 0.3) is 0 Å². The van der Waals surface area contributed by atoms with Crippen LogP contribution in [0.4, 0.5) is 0 Å². The second-order valence-electron chi connectivity index (χ2n) is 19.5. The number of thiophene rings is 1. The molecule has 3 aromatic rings. The van der Waals surface area contributed by atoms with Crippen molar-refractivity contribution in [2.75, 3.05) is 38.3 Å². The first-order chi connectivity index (χ1) is 34.1. The highest BCUT2D eigenvalue weighted by molar-refractivity contribution is 9.09. The van der Waals surface area contributed by atoms with E-state index in [0.29, 0.717) is 19.3 Å². The number of Topliss-reactive ketones (excluding diaryl/α,β-unsaturated/α-hetero) is 1. The molecule has 0 bridgehead atoms. The van der Waals surface area contributed by atoms with Crippen LogP contribution in [0.1, 0.15) is 73.0 Å². The molecule has 2 aromatic carbocycles. The molecule has 19 heteroatoms. The number of carbonyl (C=O) groups excluding carboxylic acids is 7. The lowest BCUT2D eigenvalue weighted by Gasteiger charge is -2.59. The average molecular weight is 1060 g/mol. The average Bonchev–Trinajstić information content (AvgIpc) is 4.05. The van der Waals surface area contributed by atoms with Gasteiger partial charge >= 0.3 is 0 Å². The van der Waals surface area contributed by atoms with E-state index in [1.165, 1.54) is 11.3 Å². The van der Waals surface area contributed by atoms with Gasteiger partial charge in [0, 0.05) is 23.2 Å². The lowest BCUT2D eigenvalue weighted by Crippen LogP contribution is -2.63. The molecule has 0 radical (unpaired) electrons. The van der Waals surface area contributed by atoms with Crippen molar-refractivity contribution in [3.63, 3.8) is 0 Å². The first-order valence-corrected chi connectivity index (χ1v) is 25.9. The van der Waals surface area contributed by atoms with E-state index in [1.807, 2.05) is 54.8 Å². The number of fused-ring (bicyclic) bond motifs is 7. The largest absolute Gasteiger partial charge is 0.393 e. The number of carbonyl (C=O) groups is 7. The summed E-state index contributed by atoms with van der Waals surface area (Å²) in [5.41, 5.74) is 1.99. The molecule has 4 fully saturated rings. The van der Waals surface area contributed by atoms with E-state index in [0.717, 1.165) is 45.5 Å². The van der Waals surface area contributed by atoms with Crippen LogP contribution in [-0.2, 0) is 67.2 Å². The Labute approximate surface area is 424 Å². The summed E-state index contributed by atoms with van der Waals surface area (Å²) in [4.78, 5) is 89.1. The molecule has 7 N–H and O–H groups in total. The van der Waals surface area contributed by atoms with E-state index < -0.39 is 89.4 Å². The molecule has 0 unspecified atom stereocenters. The molecule has 1 aliphatic heterocycles. The Morgan fingerprint density at radius 1 is 0.887 bits per heavy atom. The molecule has 378 valence electrons. The van der Waals surface area contributed by atoms with Crippen LogP contribution in [0, 0.1) is 28.6 Å². The summed E-state index contributed by atoms with van der Waals surface area (Å²) in [6, 6.07) is 17.8. The quantitative estimate of drug-likeness (QED) is 0.0491. The molecule has 8 rings (SSSR count). The van der Waals surface area contributed by atoms with Crippen molar-refractivity contribution in [3.8, 4) is 0 Å². The van der Waals surface area contributed by atoms with Gasteiger partial charge in [-0.25, -0.2) is 0 Å². The van der Waals surface area contributed by atoms with Gasteiger partial charge in [-0.05, 0) is 89.8 Å². The van der Waals surface area contributed by atoms with Gasteiger partial charge in [0.2, 0.25) is 29.5 Å². The van der Waals surface area contributed by atoms with Crippen molar-refractivity contribution < 1.29 is 58.0 Å². The topological polar surface area (TPSA) is 248 Å². The Morgan fingerprint density at radius 3 is 2.38 bits per heavy atom. The normalized spacial score (nSPS) is 28.5. The lowest BCUT2D eigenvalue weighted by molar-refractivity contribution is -0.200. The highest BCUT2D eigenvalue weighted by atomic mass is 79.9. The smallest absolute Gasteiger partial charge is 0.243 e. The van der Waals surface area contributed by atoms with Crippen LogP contribution in [0.2, 0.25) is 0 Å². The van der Waals surface area contributed by atoms with Crippen molar-refractivity contribution in [1.29, 1.82) is 0 Å². The molecule has 5 amide bonds. The van der Waals surface area contributed by atoms with E-state index in [2.05, 4.69) is 49.4 Å². The molecule has 5 aliphatic rings. The van der Waals surface area contributed by atoms with Crippen LogP contribution < -0.4 is 26.6 Å². The second-order valence-corrected chi connectivity index (χ2v) is 21.0. The van der Waals surface area contributed by atoms with Gasteiger partial charge in [0.05, 0.1) is 48.7 Å². The molecular formula is C52H60BrN5O12S. The Bertz CT molecular complexity index is 2590.